The van der Waals surface area contributed by atoms with E-state index in [4.69, 9.17) is 10.5 Å². The van der Waals surface area contributed by atoms with Crippen molar-refractivity contribution in [1.82, 2.24) is 20.0 Å². The van der Waals surface area contributed by atoms with Crippen LogP contribution in [0, 0.1) is 0 Å². The number of rotatable bonds is 5. The van der Waals surface area contributed by atoms with Crippen molar-refractivity contribution in [2.45, 2.75) is 38.3 Å². The van der Waals surface area contributed by atoms with Gasteiger partial charge in [-0.3, -0.25) is 9.89 Å². The lowest BCUT2D eigenvalue weighted by atomic mass is 9.92. The van der Waals surface area contributed by atoms with Crippen LogP contribution in [0.5, 0.6) is 5.88 Å². The molecule has 2 aliphatic heterocycles. The van der Waals surface area contributed by atoms with Crippen LogP contribution >= 0.6 is 0 Å². The quantitative estimate of drug-likeness (QED) is 0.803. The number of likely N-dealkylation sites (tertiary alicyclic amines) is 2. The molecule has 0 radical (unpaired) electrons. The second kappa shape index (κ2) is 8.65. The highest BCUT2D eigenvalue weighted by atomic mass is 16.5. The van der Waals surface area contributed by atoms with Crippen molar-refractivity contribution in [3.8, 4) is 5.88 Å². The summed E-state index contributed by atoms with van der Waals surface area (Å²) in [4.78, 5) is 28.7. The van der Waals surface area contributed by atoms with E-state index < -0.39 is 0 Å². The number of aromatic nitrogens is 2. The molecule has 0 saturated carbocycles. The molecule has 8 nitrogen and oxygen atoms in total. The predicted molar refractivity (Wildman–Crippen MR) is 107 cm³/mol. The van der Waals surface area contributed by atoms with E-state index in [1.807, 2.05) is 29.2 Å². The van der Waals surface area contributed by atoms with Crippen molar-refractivity contribution < 1.29 is 14.3 Å². The average molecular weight is 397 g/mol. The molecule has 2 aromatic rings. The molecule has 2 fully saturated rings. The molecule has 1 aromatic carbocycles. The Morgan fingerprint density at radius 1 is 1.14 bits per heavy atom. The Kier molecular flexibility index (Phi) is 5.80. The Morgan fingerprint density at radius 3 is 2.55 bits per heavy atom. The van der Waals surface area contributed by atoms with Gasteiger partial charge in [0.15, 0.2) is 5.78 Å². The number of urea groups is 1. The van der Waals surface area contributed by atoms with Crippen molar-refractivity contribution in [3.05, 3.63) is 47.2 Å². The van der Waals surface area contributed by atoms with Crippen molar-refractivity contribution >= 4 is 11.8 Å². The lowest BCUT2D eigenvalue weighted by Gasteiger charge is -2.33. The maximum Gasteiger partial charge on any atom is 0.320 e. The summed E-state index contributed by atoms with van der Waals surface area (Å²) in [5, 5.41) is 7.12. The topological polar surface area (TPSA) is 105 Å². The molecule has 0 aliphatic carbocycles. The molecular formula is C21H27N5O3. The third kappa shape index (κ3) is 4.42. The van der Waals surface area contributed by atoms with E-state index in [2.05, 4.69) is 10.2 Å². The van der Waals surface area contributed by atoms with Gasteiger partial charge in [0.1, 0.15) is 6.61 Å². The van der Waals surface area contributed by atoms with E-state index in [-0.39, 0.29) is 24.3 Å². The van der Waals surface area contributed by atoms with Gasteiger partial charge in [-0.15, -0.1) is 5.10 Å². The molecule has 3 N–H and O–H groups in total. The van der Waals surface area contributed by atoms with Gasteiger partial charge in [-0.2, -0.15) is 0 Å². The molecule has 154 valence electrons. The highest BCUT2D eigenvalue weighted by Crippen LogP contribution is 2.27. The van der Waals surface area contributed by atoms with Crippen LogP contribution in [-0.2, 0) is 17.9 Å². The van der Waals surface area contributed by atoms with Crippen molar-refractivity contribution in [2.24, 2.45) is 5.73 Å². The summed E-state index contributed by atoms with van der Waals surface area (Å²) in [5.74, 6) is 0.231. The van der Waals surface area contributed by atoms with E-state index in [1.165, 1.54) is 0 Å². The number of ketones is 1. The average Bonchev–Trinajstić information content (AvgIpc) is 3.44. The number of hydrogen-bond donors (Lipinski definition) is 2. The Labute approximate surface area is 170 Å². The van der Waals surface area contributed by atoms with Crippen molar-refractivity contribution in [3.63, 3.8) is 0 Å². The van der Waals surface area contributed by atoms with Crippen LogP contribution in [0.1, 0.15) is 42.0 Å². The van der Waals surface area contributed by atoms with Crippen LogP contribution in [0.15, 0.2) is 30.3 Å². The van der Waals surface area contributed by atoms with Gasteiger partial charge in [0.05, 0.1) is 12.5 Å². The molecular weight excluding hydrogens is 370 g/mol. The van der Waals surface area contributed by atoms with Gasteiger partial charge in [-0.05, 0) is 30.4 Å². The molecule has 1 atom stereocenters. The minimum Gasteiger partial charge on any atom is -0.472 e. The van der Waals surface area contributed by atoms with E-state index in [0.717, 1.165) is 42.8 Å². The zero-order valence-corrected chi connectivity index (χ0v) is 16.5. The number of amides is 2. The Morgan fingerprint density at radius 2 is 1.86 bits per heavy atom. The molecule has 3 heterocycles. The van der Waals surface area contributed by atoms with Crippen LogP contribution in [0.2, 0.25) is 0 Å². The number of aromatic amines is 1. The van der Waals surface area contributed by atoms with E-state index in [9.17, 15) is 9.59 Å². The molecule has 2 saturated heterocycles. The first kappa shape index (κ1) is 19.4. The number of carbonyl (C=O) groups is 2. The van der Waals surface area contributed by atoms with Gasteiger partial charge < -0.3 is 20.3 Å². The number of carbonyl (C=O) groups excluding carboxylic acids is 2. The van der Waals surface area contributed by atoms with E-state index in [0.29, 0.717) is 32.0 Å². The van der Waals surface area contributed by atoms with E-state index >= 15 is 0 Å². The summed E-state index contributed by atoms with van der Waals surface area (Å²) in [5.41, 5.74) is 8.45. The number of nitrogens with zero attached hydrogens (tertiary/aromatic N) is 3. The number of piperidine rings is 1. The van der Waals surface area contributed by atoms with Crippen LogP contribution < -0.4 is 10.5 Å². The van der Waals surface area contributed by atoms with Crippen molar-refractivity contribution in [1.29, 1.82) is 0 Å². The number of benzene rings is 1. The fourth-order valence-corrected chi connectivity index (χ4v) is 3.92. The molecule has 1 unspecified atom stereocenters. The van der Waals surface area contributed by atoms with Crippen LogP contribution in [0.25, 0.3) is 0 Å². The van der Waals surface area contributed by atoms with Gasteiger partial charge in [-0.1, -0.05) is 24.3 Å². The Bertz CT molecular complexity index is 857. The van der Waals surface area contributed by atoms with Gasteiger partial charge in [0.2, 0.25) is 5.88 Å². The molecule has 0 bridgehead atoms. The normalized spacial score (nSPS) is 19.6. The highest BCUT2D eigenvalue weighted by molar-refractivity contribution is 5.91. The number of Topliss-reactive ketones (excluding diaryl/α,β-unsaturated/α-hetero) is 1. The first-order valence-electron chi connectivity index (χ1n) is 10.2. The lowest BCUT2D eigenvalue weighted by molar-refractivity contribution is -0.123. The van der Waals surface area contributed by atoms with Crippen LogP contribution in [0.3, 0.4) is 0 Å². The third-order valence-electron chi connectivity index (χ3n) is 5.67. The Hall–Kier alpha value is -2.87. The third-order valence-corrected chi connectivity index (χ3v) is 5.67. The first-order valence-corrected chi connectivity index (χ1v) is 10.2. The smallest absolute Gasteiger partial charge is 0.320 e. The van der Waals surface area contributed by atoms with Gasteiger partial charge in [0, 0.05) is 37.9 Å². The minimum absolute atomic E-state index is 0.0106. The predicted octanol–water partition coefficient (Wildman–Crippen LogP) is 2.02. The summed E-state index contributed by atoms with van der Waals surface area (Å²) in [6.45, 7) is 3.23. The van der Waals surface area contributed by atoms with E-state index in [1.54, 1.807) is 11.0 Å². The first-order chi connectivity index (χ1) is 14.1. The minimum atomic E-state index is -0.272. The standard InChI is InChI=1S/C21H27N5O3/c22-12-15-3-5-16(6-4-15)14-29-20-11-18(23-24-20)17-7-10-26(13-19(17)27)21(28)25-8-1-2-9-25/h3-6,11,17H,1-2,7-10,12-14,22H2,(H,23,24). The Balaban J connectivity index is 1.32. The second-order valence-electron chi connectivity index (χ2n) is 7.68. The summed E-state index contributed by atoms with van der Waals surface area (Å²) < 4.78 is 5.74. The summed E-state index contributed by atoms with van der Waals surface area (Å²) in [6, 6.07) is 9.69. The second-order valence-corrected chi connectivity index (χ2v) is 7.68. The maximum absolute atomic E-state index is 12.7. The molecule has 0 spiro atoms. The number of ether oxygens (including phenoxy) is 1. The molecule has 8 heteroatoms. The molecule has 1 aromatic heterocycles. The molecule has 2 aliphatic rings. The number of nitrogens with one attached hydrogen (secondary N) is 1. The SMILES string of the molecule is NCc1ccc(COc2cc(C3CCN(C(=O)N4CCCC4)CC3=O)[nH]n2)cc1. The summed E-state index contributed by atoms with van der Waals surface area (Å²) in [6.07, 6.45) is 2.69. The number of hydrogen-bond acceptors (Lipinski definition) is 5. The van der Waals surface area contributed by atoms with Crippen LogP contribution in [-0.4, -0.2) is 58.0 Å². The van der Waals surface area contributed by atoms with Gasteiger partial charge in [0.25, 0.3) is 0 Å². The zero-order chi connectivity index (χ0) is 20.2. The fourth-order valence-electron chi connectivity index (χ4n) is 3.92. The monoisotopic (exact) mass is 397 g/mol. The number of H-pyrrole nitrogens is 1. The molecule has 4 rings (SSSR count). The fraction of sp³-hybridized carbons (Fsp3) is 0.476. The van der Waals surface area contributed by atoms with Gasteiger partial charge >= 0.3 is 6.03 Å². The highest BCUT2D eigenvalue weighted by Gasteiger charge is 2.34. The van der Waals surface area contributed by atoms with Crippen LogP contribution in [0.4, 0.5) is 4.79 Å². The summed E-state index contributed by atoms with van der Waals surface area (Å²) in [7, 11) is 0. The van der Waals surface area contributed by atoms with Crippen molar-refractivity contribution in [2.75, 3.05) is 26.2 Å². The maximum atomic E-state index is 12.7. The summed E-state index contributed by atoms with van der Waals surface area (Å²) >= 11 is 0. The lowest BCUT2D eigenvalue weighted by Crippen LogP contribution is -2.48. The largest absolute Gasteiger partial charge is 0.472 e. The number of nitrogens with two attached hydrogens (primary N) is 1. The zero-order valence-electron chi connectivity index (χ0n) is 16.5. The molecule has 29 heavy (non-hydrogen) atoms. The van der Waals surface area contributed by atoms with Gasteiger partial charge in [-0.25, -0.2) is 4.79 Å². The molecule has 2 amide bonds.